The lowest BCUT2D eigenvalue weighted by atomic mass is 9.96. The predicted molar refractivity (Wildman–Crippen MR) is 114 cm³/mol. The van der Waals surface area contributed by atoms with Crippen LogP contribution in [0.1, 0.15) is 68.1 Å². The normalized spacial score (nSPS) is 21.9. The largest absolute Gasteiger partial charge is 0.357 e. The first-order valence-corrected chi connectivity index (χ1v) is 11.5. The van der Waals surface area contributed by atoms with Gasteiger partial charge in [0, 0.05) is 51.9 Å². The van der Waals surface area contributed by atoms with Crippen LogP contribution in [0.15, 0.2) is 18.3 Å². The van der Waals surface area contributed by atoms with E-state index in [2.05, 4.69) is 9.88 Å². The van der Waals surface area contributed by atoms with E-state index in [1.807, 2.05) is 21.9 Å². The molecule has 0 saturated carbocycles. The number of hydrogen-bond acceptors (Lipinski definition) is 4. The van der Waals surface area contributed by atoms with Gasteiger partial charge in [0.25, 0.3) is 5.91 Å². The molecule has 29 heavy (non-hydrogen) atoms. The Morgan fingerprint density at radius 1 is 0.931 bits per heavy atom. The number of piperidine rings is 1. The highest BCUT2D eigenvalue weighted by Gasteiger charge is 2.28. The number of likely N-dealkylation sites (tertiary alicyclic amines) is 2. The molecule has 3 aliphatic rings. The quantitative estimate of drug-likeness (QED) is 0.781. The van der Waals surface area contributed by atoms with Gasteiger partial charge in [-0.15, -0.1) is 0 Å². The highest BCUT2D eigenvalue weighted by atomic mass is 16.2. The van der Waals surface area contributed by atoms with Crippen LogP contribution in [-0.2, 0) is 4.79 Å². The van der Waals surface area contributed by atoms with Gasteiger partial charge in [0.2, 0.25) is 5.91 Å². The Kier molecular flexibility index (Phi) is 6.67. The fourth-order valence-electron chi connectivity index (χ4n) is 4.89. The maximum Gasteiger partial charge on any atom is 0.255 e. The molecule has 4 rings (SSSR count). The Morgan fingerprint density at radius 2 is 1.66 bits per heavy atom. The third kappa shape index (κ3) is 5.09. The fraction of sp³-hybridized carbons (Fsp3) is 0.696. The first kappa shape index (κ1) is 20.2. The molecule has 0 atom stereocenters. The number of anilines is 1. The van der Waals surface area contributed by atoms with Crippen molar-refractivity contribution in [3.8, 4) is 0 Å². The molecular weight excluding hydrogens is 364 g/mol. The molecule has 6 heteroatoms. The van der Waals surface area contributed by atoms with E-state index < -0.39 is 0 Å². The van der Waals surface area contributed by atoms with Gasteiger partial charge in [0.1, 0.15) is 5.82 Å². The van der Waals surface area contributed by atoms with Crippen LogP contribution >= 0.6 is 0 Å². The van der Waals surface area contributed by atoms with E-state index in [1.165, 1.54) is 32.1 Å². The summed E-state index contributed by atoms with van der Waals surface area (Å²) in [4.78, 5) is 35.7. The number of carbonyl (C=O) groups excluding carboxylic acids is 2. The van der Waals surface area contributed by atoms with Crippen molar-refractivity contribution in [2.24, 2.45) is 5.92 Å². The third-order valence-corrected chi connectivity index (χ3v) is 6.73. The number of nitrogens with zero attached hydrogens (tertiary/aromatic N) is 4. The van der Waals surface area contributed by atoms with Crippen molar-refractivity contribution in [2.75, 3.05) is 44.2 Å². The topological polar surface area (TPSA) is 56.8 Å². The van der Waals surface area contributed by atoms with Crippen LogP contribution in [0.4, 0.5) is 5.82 Å². The maximum atomic E-state index is 12.9. The van der Waals surface area contributed by atoms with E-state index in [-0.39, 0.29) is 5.91 Å². The number of pyridine rings is 1. The average molecular weight is 399 g/mol. The van der Waals surface area contributed by atoms with E-state index in [9.17, 15) is 9.59 Å². The molecule has 0 spiro atoms. The Labute approximate surface area is 174 Å². The lowest BCUT2D eigenvalue weighted by molar-refractivity contribution is -0.128. The molecule has 6 nitrogen and oxygen atoms in total. The molecule has 1 aromatic heterocycles. The standard InChI is InChI=1S/C23H34N4O2/c28-22-7-6-14-27(22)18-19-10-15-26(16-11-19)23(29)20-8-9-21(24-17-20)25-12-4-2-1-3-5-13-25/h8-9,17,19H,1-7,10-16,18H2. The summed E-state index contributed by atoms with van der Waals surface area (Å²) in [6.07, 6.45) is 11.8. The van der Waals surface area contributed by atoms with Gasteiger partial charge < -0.3 is 14.7 Å². The van der Waals surface area contributed by atoms with Gasteiger partial charge in [-0.25, -0.2) is 4.98 Å². The SMILES string of the molecule is O=C1CCCN1CC1CCN(C(=O)c2ccc(N3CCCCCCC3)nc2)CC1. The molecular formula is C23H34N4O2. The molecule has 2 amide bonds. The second kappa shape index (κ2) is 9.59. The summed E-state index contributed by atoms with van der Waals surface area (Å²) in [7, 11) is 0. The van der Waals surface area contributed by atoms with Crippen LogP contribution < -0.4 is 4.90 Å². The van der Waals surface area contributed by atoms with Crippen molar-refractivity contribution < 1.29 is 9.59 Å². The van der Waals surface area contributed by atoms with Gasteiger partial charge in [-0.3, -0.25) is 9.59 Å². The fourth-order valence-corrected chi connectivity index (χ4v) is 4.89. The molecule has 3 aliphatic heterocycles. The average Bonchev–Trinajstić information content (AvgIpc) is 3.13. The Morgan fingerprint density at radius 3 is 2.28 bits per heavy atom. The van der Waals surface area contributed by atoms with Gasteiger partial charge in [-0.1, -0.05) is 19.3 Å². The zero-order valence-corrected chi connectivity index (χ0v) is 17.5. The van der Waals surface area contributed by atoms with E-state index in [0.29, 0.717) is 23.8 Å². The van der Waals surface area contributed by atoms with E-state index in [1.54, 1.807) is 6.20 Å². The summed E-state index contributed by atoms with van der Waals surface area (Å²) >= 11 is 0. The summed E-state index contributed by atoms with van der Waals surface area (Å²) < 4.78 is 0. The second-order valence-corrected chi connectivity index (χ2v) is 8.84. The Bertz CT molecular complexity index is 689. The van der Waals surface area contributed by atoms with Crippen LogP contribution in [0.2, 0.25) is 0 Å². The van der Waals surface area contributed by atoms with Crippen molar-refractivity contribution in [2.45, 2.75) is 57.8 Å². The van der Waals surface area contributed by atoms with E-state index in [0.717, 1.165) is 64.3 Å². The van der Waals surface area contributed by atoms with Crippen LogP contribution in [0.5, 0.6) is 0 Å². The lowest BCUT2D eigenvalue weighted by Crippen LogP contribution is -2.42. The number of amides is 2. The zero-order valence-electron chi connectivity index (χ0n) is 17.5. The van der Waals surface area contributed by atoms with Crippen LogP contribution in [0, 0.1) is 5.92 Å². The first-order valence-electron chi connectivity index (χ1n) is 11.5. The summed E-state index contributed by atoms with van der Waals surface area (Å²) in [5.74, 6) is 1.91. The highest BCUT2D eigenvalue weighted by molar-refractivity contribution is 5.94. The molecule has 158 valence electrons. The minimum Gasteiger partial charge on any atom is -0.357 e. The first-order chi connectivity index (χ1) is 14.2. The maximum absolute atomic E-state index is 12.9. The number of aromatic nitrogens is 1. The predicted octanol–water partition coefficient (Wildman–Crippen LogP) is 3.33. The van der Waals surface area contributed by atoms with Gasteiger partial charge >= 0.3 is 0 Å². The van der Waals surface area contributed by atoms with E-state index in [4.69, 9.17) is 0 Å². The van der Waals surface area contributed by atoms with Crippen LogP contribution in [0.3, 0.4) is 0 Å². The Hall–Kier alpha value is -2.11. The third-order valence-electron chi connectivity index (χ3n) is 6.73. The highest BCUT2D eigenvalue weighted by Crippen LogP contribution is 2.23. The van der Waals surface area contributed by atoms with Crippen LogP contribution in [-0.4, -0.2) is 65.9 Å². The van der Waals surface area contributed by atoms with Gasteiger partial charge in [-0.2, -0.15) is 0 Å². The lowest BCUT2D eigenvalue weighted by Gasteiger charge is -2.34. The van der Waals surface area contributed by atoms with Gasteiger partial charge in [0.15, 0.2) is 0 Å². The molecule has 0 aromatic carbocycles. The van der Waals surface area contributed by atoms with Crippen molar-refractivity contribution in [3.63, 3.8) is 0 Å². The smallest absolute Gasteiger partial charge is 0.255 e. The van der Waals surface area contributed by atoms with E-state index >= 15 is 0 Å². The zero-order chi connectivity index (χ0) is 20.1. The van der Waals surface area contributed by atoms with Crippen LogP contribution in [0.25, 0.3) is 0 Å². The van der Waals surface area contributed by atoms with Crippen molar-refractivity contribution in [1.29, 1.82) is 0 Å². The molecule has 0 bridgehead atoms. The molecule has 0 N–H and O–H groups in total. The van der Waals surface area contributed by atoms with Gasteiger partial charge in [-0.05, 0) is 50.2 Å². The molecule has 4 heterocycles. The van der Waals surface area contributed by atoms with Crippen molar-refractivity contribution in [1.82, 2.24) is 14.8 Å². The van der Waals surface area contributed by atoms with Gasteiger partial charge in [0.05, 0.1) is 5.56 Å². The monoisotopic (exact) mass is 398 g/mol. The van der Waals surface area contributed by atoms with Crippen molar-refractivity contribution >= 4 is 17.6 Å². The number of carbonyl (C=O) groups is 2. The number of hydrogen-bond donors (Lipinski definition) is 0. The summed E-state index contributed by atoms with van der Waals surface area (Å²) in [5, 5.41) is 0. The minimum absolute atomic E-state index is 0.0902. The molecule has 3 saturated heterocycles. The minimum atomic E-state index is 0.0902. The second-order valence-electron chi connectivity index (χ2n) is 8.84. The molecule has 3 fully saturated rings. The summed E-state index contributed by atoms with van der Waals surface area (Å²) in [6.45, 7) is 5.46. The molecule has 1 aromatic rings. The van der Waals surface area contributed by atoms with Crippen molar-refractivity contribution in [3.05, 3.63) is 23.9 Å². The summed E-state index contributed by atoms with van der Waals surface area (Å²) in [6, 6.07) is 3.96. The molecule has 0 unspecified atom stereocenters. The summed E-state index contributed by atoms with van der Waals surface area (Å²) in [5.41, 5.74) is 0.689. The number of rotatable bonds is 4. The molecule has 0 aliphatic carbocycles. The molecule has 0 radical (unpaired) electrons. The Balaban J connectivity index is 1.29.